The maximum absolute atomic E-state index is 11.2. The number of carbonyl (C=O) groups is 1. The smallest absolute Gasteiger partial charge is 0.165 e. The second-order valence-corrected chi connectivity index (χ2v) is 2.28. The summed E-state index contributed by atoms with van der Waals surface area (Å²) in [5, 5.41) is 3.50. The van der Waals surface area contributed by atoms with Crippen molar-refractivity contribution < 1.29 is 14.4 Å². The molecule has 0 unspecified atom stereocenters. The van der Waals surface area contributed by atoms with Crippen LogP contribution in [0.2, 0.25) is 0 Å². The van der Waals surface area contributed by atoms with Crippen molar-refractivity contribution in [2.75, 3.05) is 5.73 Å². The summed E-state index contributed by atoms with van der Waals surface area (Å²) in [5.74, 6) is -0.806. The zero-order chi connectivity index (χ0) is 15.2. The average Bonchev–Trinajstić information content (AvgIpc) is 2.55. The molecule has 0 saturated carbocycles. The summed E-state index contributed by atoms with van der Waals surface area (Å²) >= 11 is 0. The largest absolute Gasteiger partial charge is 0.382 e. The topological polar surface area (TPSA) is 60.9 Å². The van der Waals surface area contributed by atoms with E-state index in [0.717, 1.165) is 6.20 Å². The molecule has 0 aliphatic heterocycles. The maximum atomic E-state index is 11.2. The van der Waals surface area contributed by atoms with Crippen molar-refractivity contribution in [2.24, 2.45) is 0 Å². The molecule has 0 bridgehead atoms. The van der Waals surface area contributed by atoms with Gasteiger partial charge < -0.3 is 5.73 Å². The van der Waals surface area contributed by atoms with Crippen molar-refractivity contribution in [1.82, 2.24) is 9.78 Å². The van der Waals surface area contributed by atoms with Crippen LogP contribution >= 0.6 is 0 Å². The quantitative estimate of drug-likeness (QED) is 0.686. The summed E-state index contributed by atoms with van der Waals surface area (Å²) in [6, 6.07) is -3.01. The molecule has 0 aliphatic carbocycles. The minimum absolute atomic E-state index is 0.120. The van der Waals surface area contributed by atoms with Gasteiger partial charge in [-0.2, -0.15) is 5.10 Å². The molecule has 0 radical (unpaired) electrons. The van der Waals surface area contributed by atoms with E-state index in [4.69, 9.17) is 15.3 Å². The zero-order valence-electron chi connectivity index (χ0n) is 13.5. The lowest BCUT2D eigenvalue weighted by Gasteiger charge is -2.02. The number of aromatic nitrogens is 2. The molecule has 12 heavy (non-hydrogen) atoms. The molecule has 0 spiro atoms. The van der Waals surface area contributed by atoms with Gasteiger partial charge in [0.1, 0.15) is 0 Å². The van der Waals surface area contributed by atoms with E-state index in [1.807, 2.05) is 0 Å². The fraction of sp³-hybridized carbons (Fsp3) is 0.500. The van der Waals surface area contributed by atoms with Crippen LogP contribution < -0.4 is 5.73 Å². The van der Waals surface area contributed by atoms with Crippen molar-refractivity contribution in [3.8, 4) is 0 Å². The minimum atomic E-state index is -3.18. The Balaban J connectivity index is 3.53. The third-order valence-electron chi connectivity index (χ3n) is 1.35. The first-order chi connectivity index (χ1) is 8.32. The van der Waals surface area contributed by atoms with Crippen LogP contribution in [0.4, 0.5) is 5.82 Å². The lowest BCUT2D eigenvalue weighted by molar-refractivity contribution is 0.101. The Morgan fingerprint density at radius 3 is 3.00 bits per heavy atom. The SMILES string of the molecule is [2H]C([2H])([2H])C([2H])(n1cc(C(C)=O)c(N)n1)C([2H])([2H])[2H]. The summed E-state index contributed by atoms with van der Waals surface area (Å²) in [7, 11) is 0. The normalized spacial score (nSPS) is 22.2. The molecular formula is C8H13N3O. The fourth-order valence-corrected chi connectivity index (χ4v) is 0.773. The first-order valence-electron chi connectivity index (χ1n) is 6.69. The molecule has 0 saturated heterocycles. The van der Waals surface area contributed by atoms with Crippen LogP contribution in [0.3, 0.4) is 0 Å². The Morgan fingerprint density at radius 1 is 1.92 bits per heavy atom. The van der Waals surface area contributed by atoms with Crippen LogP contribution in [0, 0.1) is 0 Å². The van der Waals surface area contributed by atoms with Gasteiger partial charge in [0.2, 0.25) is 0 Å². The van der Waals surface area contributed by atoms with Crippen molar-refractivity contribution in [2.45, 2.75) is 26.6 Å². The van der Waals surface area contributed by atoms with Crippen LogP contribution in [0.5, 0.6) is 0 Å². The van der Waals surface area contributed by atoms with E-state index in [0.29, 0.717) is 4.68 Å². The number of nitrogens with zero attached hydrogens (tertiary/aromatic N) is 2. The number of nitrogens with two attached hydrogens (primary N) is 1. The molecular weight excluding hydrogens is 154 g/mol. The van der Waals surface area contributed by atoms with Crippen LogP contribution in [-0.2, 0) is 0 Å². The van der Waals surface area contributed by atoms with Gasteiger partial charge in [-0.05, 0) is 20.6 Å². The van der Waals surface area contributed by atoms with Crippen molar-refractivity contribution in [3.63, 3.8) is 0 Å². The third-order valence-corrected chi connectivity index (χ3v) is 1.35. The first kappa shape index (κ1) is 3.20. The first-order valence-corrected chi connectivity index (χ1v) is 3.19. The molecule has 0 aliphatic rings. The number of nitrogen functional groups attached to an aromatic ring is 1. The third kappa shape index (κ3) is 1.47. The van der Waals surface area contributed by atoms with Crippen LogP contribution in [0.25, 0.3) is 0 Å². The molecule has 2 N–H and O–H groups in total. The average molecular weight is 174 g/mol. The van der Waals surface area contributed by atoms with Gasteiger partial charge >= 0.3 is 0 Å². The highest BCUT2D eigenvalue weighted by Crippen LogP contribution is 2.12. The number of Topliss-reactive ketones (excluding diaryl/α,β-unsaturated/α-hetero) is 1. The molecule has 0 atom stereocenters. The number of hydrogen-bond acceptors (Lipinski definition) is 3. The Morgan fingerprint density at radius 2 is 2.58 bits per heavy atom. The molecule has 4 nitrogen and oxygen atoms in total. The Bertz CT molecular complexity index is 487. The number of ketones is 1. The van der Waals surface area contributed by atoms with Gasteiger partial charge in [-0.3, -0.25) is 9.48 Å². The summed E-state index contributed by atoms with van der Waals surface area (Å²) in [5.41, 5.74) is 5.30. The summed E-state index contributed by atoms with van der Waals surface area (Å²) in [4.78, 5) is 11.2. The standard InChI is InChI=1S/C8H13N3O/c1-5(2)11-4-7(6(3)12)8(9)10-11/h4-5H,1-3H3,(H2,9,10)/i1D3,2D3,5D. The van der Waals surface area contributed by atoms with E-state index < -0.39 is 25.5 Å². The van der Waals surface area contributed by atoms with Crippen molar-refractivity contribution in [3.05, 3.63) is 11.8 Å². The molecule has 0 aromatic carbocycles. The van der Waals surface area contributed by atoms with Gasteiger partial charge in [0.15, 0.2) is 11.6 Å². The number of carbonyl (C=O) groups excluding carboxylic acids is 1. The predicted octanol–water partition coefficient (Wildman–Crippen LogP) is 1.25. The van der Waals surface area contributed by atoms with E-state index in [1.165, 1.54) is 6.92 Å². The molecule has 1 heterocycles. The maximum Gasteiger partial charge on any atom is 0.165 e. The molecule has 1 aromatic rings. The minimum Gasteiger partial charge on any atom is -0.382 e. The second kappa shape index (κ2) is 2.97. The highest BCUT2D eigenvalue weighted by atomic mass is 16.1. The van der Waals surface area contributed by atoms with Gasteiger partial charge in [0.25, 0.3) is 0 Å². The molecule has 4 heteroatoms. The number of rotatable bonds is 2. The van der Waals surface area contributed by atoms with Gasteiger partial charge in [-0.15, -0.1) is 0 Å². The highest BCUT2D eigenvalue weighted by molar-refractivity contribution is 5.97. The van der Waals surface area contributed by atoms with Crippen LogP contribution in [-0.4, -0.2) is 15.6 Å². The zero-order valence-corrected chi connectivity index (χ0v) is 6.46. The summed E-state index contributed by atoms with van der Waals surface area (Å²) in [6.45, 7) is -5.18. The van der Waals surface area contributed by atoms with Crippen molar-refractivity contribution >= 4 is 11.6 Å². The van der Waals surface area contributed by atoms with Gasteiger partial charge in [0.05, 0.1) is 6.93 Å². The monoisotopic (exact) mass is 174 g/mol. The number of anilines is 1. The Labute approximate surface area is 81.2 Å². The molecule has 66 valence electrons. The molecule has 1 aromatic heterocycles. The van der Waals surface area contributed by atoms with E-state index in [-0.39, 0.29) is 11.4 Å². The lowest BCUT2D eigenvalue weighted by Crippen LogP contribution is -2.01. The summed E-state index contributed by atoms with van der Waals surface area (Å²) < 4.78 is 51.8. The molecule has 0 amide bonds. The van der Waals surface area contributed by atoms with E-state index >= 15 is 0 Å². The van der Waals surface area contributed by atoms with Gasteiger partial charge in [-0.25, -0.2) is 0 Å². The van der Waals surface area contributed by atoms with Crippen LogP contribution in [0.15, 0.2) is 6.20 Å². The lowest BCUT2D eigenvalue weighted by atomic mass is 10.2. The Kier molecular flexibility index (Phi) is 0.791. The molecule has 0 fully saturated rings. The number of hydrogen-bond donors (Lipinski definition) is 1. The van der Waals surface area contributed by atoms with E-state index in [2.05, 4.69) is 5.10 Å². The van der Waals surface area contributed by atoms with Gasteiger partial charge in [0, 0.05) is 20.4 Å². The second-order valence-electron chi connectivity index (χ2n) is 2.28. The van der Waals surface area contributed by atoms with E-state index in [1.54, 1.807) is 0 Å². The van der Waals surface area contributed by atoms with E-state index in [9.17, 15) is 4.79 Å². The Hall–Kier alpha value is -1.32. The highest BCUT2D eigenvalue weighted by Gasteiger charge is 2.10. The summed E-state index contributed by atoms with van der Waals surface area (Å²) in [6.07, 6.45) is 0.878. The van der Waals surface area contributed by atoms with Crippen LogP contribution in [0.1, 0.15) is 46.6 Å². The van der Waals surface area contributed by atoms with Gasteiger partial charge in [-0.1, -0.05) is 0 Å². The molecule has 1 rings (SSSR count). The van der Waals surface area contributed by atoms with Crippen molar-refractivity contribution in [1.29, 1.82) is 0 Å². The predicted molar refractivity (Wildman–Crippen MR) is 47.0 cm³/mol. The fourth-order valence-electron chi connectivity index (χ4n) is 0.773.